The molecular formula is C23H18BrNO2. The fraction of sp³-hybridized carbons (Fsp3) is 0.0870. The van der Waals surface area contributed by atoms with Crippen LogP contribution in [0.3, 0.4) is 0 Å². The number of carbonyl (C=O) groups is 1. The maximum Gasteiger partial charge on any atom is 0.196 e. The van der Waals surface area contributed by atoms with Crippen molar-refractivity contribution in [1.82, 2.24) is 4.57 Å². The van der Waals surface area contributed by atoms with Crippen molar-refractivity contribution in [2.75, 3.05) is 7.11 Å². The van der Waals surface area contributed by atoms with Crippen LogP contribution in [0, 0.1) is 0 Å². The van der Waals surface area contributed by atoms with Gasteiger partial charge in [0.1, 0.15) is 5.75 Å². The quantitative estimate of drug-likeness (QED) is 0.389. The molecule has 3 nitrogen and oxygen atoms in total. The van der Waals surface area contributed by atoms with E-state index in [1.165, 1.54) is 5.56 Å². The number of ether oxygens (including phenoxy) is 1. The number of benzene rings is 3. The van der Waals surface area contributed by atoms with E-state index in [4.69, 9.17) is 4.74 Å². The zero-order chi connectivity index (χ0) is 18.8. The Bertz CT molecular complexity index is 1120. The first-order valence-corrected chi connectivity index (χ1v) is 9.46. The lowest BCUT2D eigenvalue weighted by atomic mass is 10.0. The number of hydrogen-bond acceptors (Lipinski definition) is 2. The van der Waals surface area contributed by atoms with Crippen LogP contribution in [0.5, 0.6) is 5.75 Å². The molecule has 0 saturated heterocycles. The van der Waals surface area contributed by atoms with Gasteiger partial charge in [-0.05, 0) is 45.8 Å². The van der Waals surface area contributed by atoms with Crippen molar-refractivity contribution in [3.8, 4) is 5.75 Å². The molecular weight excluding hydrogens is 402 g/mol. The Labute approximate surface area is 166 Å². The third-order valence-electron chi connectivity index (χ3n) is 4.65. The maximum absolute atomic E-state index is 13.3. The fourth-order valence-electron chi connectivity index (χ4n) is 3.29. The molecule has 1 heterocycles. The number of methoxy groups -OCH3 is 1. The molecule has 0 N–H and O–H groups in total. The minimum absolute atomic E-state index is 0.00691. The van der Waals surface area contributed by atoms with Crippen LogP contribution in [-0.2, 0) is 6.54 Å². The number of carbonyl (C=O) groups excluding carboxylic acids is 1. The van der Waals surface area contributed by atoms with Gasteiger partial charge in [-0.2, -0.15) is 0 Å². The predicted molar refractivity (Wildman–Crippen MR) is 112 cm³/mol. The Kier molecular flexibility index (Phi) is 4.82. The Morgan fingerprint density at radius 3 is 2.44 bits per heavy atom. The van der Waals surface area contributed by atoms with E-state index in [0.717, 1.165) is 21.9 Å². The van der Waals surface area contributed by atoms with Gasteiger partial charge < -0.3 is 9.30 Å². The molecule has 1 aromatic heterocycles. The first-order chi connectivity index (χ1) is 13.2. The Morgan fingerprint density at radius 2 is 1.70 bits per heavy atom. The van der Waals surface area contributed by atoms with Crippen molar-refractivity contribution in [2.24, 2.45) is 0 Å². The first-order valence-electron chi connectivity index (χ1n) is 8.67. The molecule has 4 rings (SSSR count). The van der Waals surface area contributed by atoms with E-state index >= 15 is 0 Å². The van der Waals surface area contributed by atoms with Gasteiger partial charge in [-0.1, -0.05) is 48.5 Å². The van der Waals surface area contributed by atoms with Crippen molar-refractivity contribution < 1.29 is 9.53 Å². The first kappa shape index (κ1) is 17.6. The molecule has 0 amide bonds. The van der Waals surface area contributed by atoms with E-state index in [1.807, 2.05) is 48.7 Å². The summed E-state index contributed by atoms with van der Waals surface area (Å²) in [6.07, 6.45) is 1.96. The number of para-hydroxylation sites is 1. The summed E-state index contributed by atoms with van der Waals surface area (Å²) in [7, 11) is 1.61. The van der Waals surface area contributed by atoms with Crippen molar-refractivity contribution in [2.45, 2.75) is 6.54 Å². The van der Waals surface area contributed by atoms with E-state index in [1.54, 1.807) is 19.2 Å². The summed E-state index contributed by atoms with van der Waals surface area (Å²) >= 11 is 3.50. The minimum atomic E-state index is -0.00691. The second-order valence-corrected chi connectivity index (χ2v) is 7.20. The number of aromatic nitrogens is 1. The van der Waals surface area contributed by atoms with Gasteiger partial charge in [0.05, 0.1) is 7.11 Å². The summed E-state index contributed by atoms with van der Waals surface area (Å²) in [5.74, 6) is 0.706. The van der Waals surface area contributed by atoms with Gasteiger partial charge in [-0.3, -0.25) is 4.79 Å². The highest BCUT2D eigenvalue weighted by atomic mass is 79.9. The third-order valence-corrected chi connectivity index (χ3v) is 5.31. The number of rotatable bonds is 5. The maximum atomic E-state index is 13.3. The number of halogens is 1. The molecule has 0 spiro atoms. The number of fused-ring (bicyclic) bond motifs is 1. The van der Waals surface area contributed by atoms with Crippen LogP contribution >= 0.6 is 15.9 Å². The zero-order valence-corrected chi connectivity index (χ0v) is 16.4. The average Bonchev–Trinajstić information content (AvgIpc) is 3.07. The molecule has 0 radical (unpaired) electrons. The average molecular weight is 420 g/mol. The van der Waals surface area contributed by atoms with Crippen LogP contribution in [0.25, 0.3) is 10.9 Å². The number of ketones is 1. The van der Waals surface area contributed by atoms with E-state index < -0.39 is 0 Å². The standard InChI is InChI=1S/C23H18BrNO2/c1-27-17-11-12-19(21(24)13-17)23(26)20-15-25(14-16-7-3-2-4-8-16)22-10-6-5-9-18(20)22/h2-13,15H,14H2,1H3. The highest BCUT2D eigenvalue weighted by molar-refractivity contribution is 9.10. The van der Waals surface area contributed by atoms with Crippen molar-refractivity contribution in [1.29, 1.82) is 0 Å². The zero-order valence-electron chi connectivity index (χ0n) is 14.9. The number of hydrogen-bond donors (Lipinski definition) is 0. The molecule has 4 heteroatoms. The smallest absolute Gasteiger partial charge is 0.196 e. The van der Waals surface area contributed by atoms with Gasteiger partial charge in [-0.15, -0.1) is 0 Å². The predicted octanol–water partition coefficient (Wildman–Crippen LogP) is 5.69. The largest absolute Gasteiger partial charge is 0.497 e. The Morgan fingerprint density at radius 1 is 0.963 bits per heavy atom. The van der Waals surface area contributed by atoms with Crippen molar-refractivity contribution in [3.05, 3.63) is 100 Å². The summed E-state index contributed by atoms with van der Waals surface area (Å²) in [4.78, 5) is 13.3. The number of nitrogens with zero attached hydrogens (tertiary/aromatic N) is 1. The van der Waals surface area contributed by atoms with Crippen LogP contribution in [0.15, 0.2) is 83.5 Å². The third kappa shape index (κ3) is 3.40. The molecule has 0 bridgehead atoms. The summed E-state index contributed by atoms with van der Waals surface area (Å²) in [6, 6.07) is 23.7. The lowest BCUT2D eigenvalue weighted by molar-refractivity contribution is 0.103. The van der Waals surface area contributed by atoms with Crippen molar-refractivity contribution in [3.63, 3.8) is 0 Å². The SMILES string of the molecule is COc1ccc(C(=O)c2cn(Cc3ccccc3)c3ccccc23)c(Br)c1. The van der Waals surface area contributed by atoms with Gasteiger partial charge in [-0.25, -0.2) is 0 Å². The highest BCUT2D eigenvalue weighted by Gasteiger charge is 2.19. The van der Waals surface area contributed by atoms with Crippen LogP contribution in [-0.4, -0.2) is 17.5 Å². The molecule has 4 aromatic rings. The van der Waals surface area contributed by atoms with Crippen LogP contribution < -0.4 is 4.74 Å². The molecule has 27 heavy (non-hydrogen) atoms. The van der Waals surface area contributed by atoms with Crippen LogP contribution in [0.1, 0.15) is 21.5 Å². The lowest BCUT2D eigenvalue weighted by Crippen LogP contribution is -2.02. The highest BCUT2D eigenvalue weighted by Crippen LogP contribution is 2.29. The second kappa shape index (κ2) is 7.41. The molecule has 134 valence electrons. The van der Waals surface area contributed by atoms with E-state index in [-0.39, 0.29) is 5.78 Å². The fourth-order valence-corrected chi connectivity index (χ4v) is 3.83. The second-order valence-electron chi connectivity index (χ2n) is 6.35. The van der Waals surface area contributed by atoms with Crippen LogP contribution in [0.4, 0.5) is 0 Å². The molecule has 0 atom stereocenters. The van der Waals surface area contributed by atoms with E-state index in [2.05, 4.69) is 38.7 Å². The Hall–Kier alpha value is -2.85. The monoisotopic (exact) mass is 419 g/mol. The topological polar surface area (TPSA) is 31.2 Å². The van der Waals surface area contributed by atoms with E-state index in [9.17, 15) is 4.79 Å². The molecule has 0 aliphatic carbocycles. The lowest BCUT2D eigenvalue weighted by Gasteiger charge is -2.06. The summed E-state index contributed by atoms with van der Waals surface area (Å²) in [6.45, 7) is 0.721. The van der Waals surface area contributed by atoms with Crippen molar-refractivity contribution >= 4 is 32.6 Å². The van der Waals surface area contributed by atoms with Gasteiger partial charge >= 0.3 is 0 Å². The molecule has 3 aromatic carbocycles. The molecule has 0 aliphatic heterocycles. The van der Waals surface area contributed by atoms with Crippen LogP contribution in [0.2, 0.25) is 0 Å². The summed E-state index contributed by atoms with van der Waals surface area (Å²) in [5.41, 5.74) is 3.57. The van der Waals surface area contributed by atoms with Gasteiger partial charge in [0.25, 0.3) is 0 Å². The van der Waals surface area contributed by atoms with Gasteiger partial charge in [0, 0.05) is 39.2 Å². The van der Waals surface area contributed by atoms with Gasteiger partial charge in [0.15, 0.2) is 5.78 Å². The summed E-state index contributed by atoms with van der Waals surface area (Å²) < 4.78 is 8.09. The Balaban J connectivity index is 1.79. The molecule has 0 unspecified atom stereocenters. The van der Waals surface area contributed by atoms with Gasteiger partial charge in [0.2, 0.25) is 0 Å². The van der Waals surface area contributed by atoms with E-state index in [0.29, 0.717) is 16.9 Å². The molecule has 0 aliphatic rings. The molecule has 0 saturated carbocycles. The normalized spacial score (nSPS) is 10.9. The molecule has 0 fully saturated rings. The minimum Gasteiger partial charge on any atom is -0.497 e. The summed E-state index contributed by atoms with van der Waals surface area (Å²) in [5, 5.41) is 0.959.